The third kappa shape index (κ3) is 5.30. The number of nitrogens with zero attached hydrogens (tertiary/aromatic N) is 1. The summed E-state index contributed by atoms with van der Waals surface area (Å²) in [4.78, 5) is 15.1. The SMILES string of the molecule is CC(=O)C=C(C)NCCN=Cc1ccccc1N. The molecule has 1 aromatic carbocycles. The van der Waals surface area contributed by atoms with Crippen molar-refractivity contribution in [2.24, 2.45) is 4.99 Å². The first kappa shape index (κ1) is 14.0. The van der Waals surface area contributed by atoms with Crippen molar-refractivity contribution in [3.05, 3.63) is 41.6 Å². The molecule has 0 heterocycles. The van der Waals surface area contributed by atoms with Gasteiger partial charge in [-0.2, -0.15) is 0 Å². The fraction of sp³-hybridized carbons (Fsp3) is 0.286. The predicted molar refractivity (Wildman–Crippen MR) is 75.8 cm³/mol. The number of nitrogen functional groups attached to an aromatic ring is 1. The molecule has 0 aliphatic carbocycles. The van der Waals surface area contributed by atoms with Crippen LogP contribution in [0.25, 0.3) is 0 Å². The lowest BCUT2D eigenvalue weighted by Crippen LogP contribution is -2.16. The predicted octanol–water partition coefficient (Wildman–Crippen LogP) is 1.77. The van der Waals surface area contributed by atoms with E-state index in [0.29, 0.717) is 13.1 Å². The Labute approximate surface area is 108 Å². The zero-order valence-corrected chi connectivity index (χ0v) is 10.8. The molecule has 0 saturated carbocycles. The number of carbonyl (C=O) groups is 1. The molecular weight excluding hydrogens is 226 g/mol. The monoisotopic (exact) mass is 245 g/mol. The van der Waals surface area contributed by atoms with Gasteiger partial charge in [-0.3, -0.25) is 9.79 Å². The molecule has 3 N–H and O–H groups in total. The number of nitrogens with two attached hydrogens (primary N) is 1. The van der Waals surface area contributed by atoms with Crippen LogP contribution < -0.4 is 11.1 Å². The Kier molecular flexibility index (Phi) is 5.64. The number of nitrogens with one attached hydrogen (secondary N) is 1. The molecular formula is C14H19N3O. The van der Waals surface area contributed by atoms with Crippen LogP contribution in [-0.4, -0.2) is 25.1 Å². The van der Waals surface area contributed by atoms with Crippen LogP contribution in [0.1, 0.15) is 19.4 Å². The number of allylic oxidation sites excluding steroid dienone is 2. The Morgan fingerprint density at radius 3 is 2.78 bits per heavy atom. The van der Waals surface area contributed by atoms with Crippen molar-refractivity contribution in [2.75, 3.05) is 18.8 Å². The molecule has 0 saturated heterocycles. The highest BCUT2D eigenvalue weighted by Gasteiger charge is 1.93. The summed E-state index contributed by atoms with van der Waals surface area (Å²) < 4.78 is 0. The molecule has 1 rings (SSSR count). The minimum atomic E-state index is 0.0422. The molecule has 0 aromatic heterocycles. The quantitative estimate of drug-likeness (QED) is 0.347. The lowest BCUT2D eigenvalue weighted by Gasteiger charge is -2.03. The number of aliphatic imine (C=N–C) groups is 1. The zero-order valence-electron chi connectivity index (χ0n) is 10.8. The summed E-state index contributed by atoms with van der Waals surface area (Å²) >= 11 is 0. The summed E-state index contributed by atoms with van der Waals surface area (Å²) in [5, 5.41) is 3.11. The number of anilines is 1. The maximum Gasteiger partial charge on any atom is 0.154 e. The minimum Gasteiger partial charge on any atom is -0.398 e. The van der Waals surface area contributed by atoms with Gasteiger partial charge in [0, 0.05) is 29.7 Å². The van der Waals surface area contributed by atoms with E-state index in [1.807, 2.05) is 31.2 Å². The standard InChI is InChI=1S/C14H19N3O/c1-11(9-12(2)18)17-8-7-16-10-13-5-3-4-6-14(13)15/h3-6,9-10,17H,7-8,15H2,1-2H3. The first-order valence-electron chi connectivity index (χ1n) is 5.86. The molecule has 0 atom stereocenters. The Morgan fingerprint density at radius 2 is 2.11 bits per heavy atom. The van der Waals surface area contributed by atoms with Gasteiger partial charge in [0.2, 0.25) is 0 Å². The van der Waals surface area contributed by atoms with Crippen LogP contribution in [0.4, 0.5) is 5.69 Å². The largest absolute Gasteiger partial charge is 0.398 e. The van der Waals surface area contributed by atoms with Gasteiger partial charge in [-0.1, -0.05) is 18.2 Å². The number of hydrogen-bond acceptors (Lipinski definition) is 4. The van der Waals surface area contributed by atoms with Crippen molar-refractivity contribution in [1.29, 1.82) is 0 Å². The van der Waals surface area contributed by atoms with E-state index in [9.17, 15) is 4.79 Å². The minimum absolute atomic E-state index is 0.0422. The van der Waals surface area contributed by atoms with E-state index in [-0.39, 0.29) is 5.78 Å². The fourth-order valence-electron chi connectivity index (χ4n) is 1.46. The number of rotatable bonds is 6. The van der Waals surface area contributed by atoms with E-state index in [2.05, 4.69) is 10.3 Å². The molecule has 18 heavy (non-hydrogen) atoms. The Balaban J connectivity index is 2.35. The van der Waals surface area contributed by atoms with Crippen molar-refractivity contribution < 1.29 is 4.79 Å². The second-order valence-electron chi connectivity index (χ2n) is 4.03. The van der Waals surface area contributed by atoms with Crippen LogP contribution >= 0.6 is 0 Å². The fourth-order valence-corrected chi connectivity index (χ4v) is 1.46. The average molecular weight is 245 g/mol. The highest BCUT2D eigenvalue weighted by atomic mass is 16.1. The molecule has 4 nitrogen and oxygen atoms in total. The van der Waals surface area contributed by atoms with E-state index in [4.69, 9.17) is 5.73 Å². The van der Waals surface area contributed by atoms with Gasteiger partial charge in [0.05, 0.1) is 6.54 Å². The maximum atomic E-state index is 10.8. The lowest BCUT2D eigenvalue weighted by molar-refractivity contribution is -0.112. The van der Waals surface area contributed by atoms with Gasteiger partial charge < -0.3 is 11.1 Å². The number of ketones is 1. The van der Waals surface area contributed by atoms with Crippen LogP contribution in [0.3, 0.4) is 0 Å². The van der Waals surface area contributed by atoms with Gasteiger partial charge in [-0.15, -0.1) is 0 Å². The molecule has 1 aromatic rings. The average Bonchev–Trinajstić information content (AvgIpc) is 2.30. The van der Waals surface area contributed by atoms with Crippen molar-refractivity contribution in [1.82, 2.24) is 5.32 Å². The van der Waals surface area contributed by atoms with E-state index >= 15 is 0 Å². The molecule has 0 spiro atoms. The van der Waals surface area contributed by atoms with Crippen molar-refractivity contribution in [2.45, 2.75) is 13.8 Å². The van der Waals surface area contributed by atoms with E-state index in [1.165, 1.54) is 6.92 Å². The summed E-state index contributed by atoms with van der Waals surface area (Å²) in [5.41, 5.74) is 8.29. The first-order chi connectivity index (χ1) is 8.59. The number of para-hydroxylation sites is 1. The van der Waals surface area contributed by atoms with E-state index < -0.39 is 0 Å². The normalized spacial score (nSPS) is 11.8. The summed E-state index contributed by atoms with van der Waals surface area (Å²) in [6, 6.07) is 7.59. The van der Waals surface area contributed by atoms with Crippen molar-refractivity contribution in [3.63, 3.8) is 0 Å². The highest BCUT2D eigenvalue weighted by molar-refractivity contribution is 5.87. The summed E-state index contributed by atoms with van der Waals surface area (Å²) in [6.45, 7) is 4.72. The molecule has 0 amide bonds. The van der Waals surface area contributed by atoms with Crippen molar-refractivity contribution in [3.8, 4) is 0 Å². The van der Waals surface area contributed by atoms with Crippen LogP contribution in [0.15, 0.2) is 41.0 Å². The number of carbonyl (C=O) groups excluding carboxylic acids is 1. The summed E-state index contributed by atoms with van der Waals surface area (Å²) in [5.74, 6) is 0.0422. The van der Waals surface area contributed by atoms with Gasteiger partial charge in [-0.25, -0.2) is 0 Å². The molecule has 0 aliphatic rings. The molecule has 0 unspecified atom stereocenters. The molecule has 4 heteroatoms. The van der Waals surface area contributed by atoms with Gasteiger partial charge in [0.25, 0.3) is 0 Å². The summed E-state index contributed by atoms with van der Waals surface area (Å²) in [6.07, 6.45) is 3.33. The van der Waals surface area contributed by atoms with E-state index in [0.717, 1.165) is 16.9 Å². The van der Waals surface area contributed by atoms with Crippen LogP contribution in [0, 0.1) is 0 Å². The molecule has 0 fully saturated rings. The van der Waals surface area contributed by atoms with E-state index in [1.54, 1.807) is 12.3 Å². The second-order valence-corrected chi connectivity index (χ2v) is 4.03. The van der Waals surface area contributed by atoms with Gasteiger partial charge in [0.15, 0.2) is 5.78 Å². The Bertz CT molecular complexity index is 464. The van der Waals surface area contributed by atoms with Crippen molar-refractivity contribution >= 4 is 17.7 Å². The zero-order chi connectivity index (χ0) is 13.4. The molecule has 0 bridgehead atoms. The third-order valence-electron chi connectivity index (χ3n) is 2.29. The third-order valence-corrected chi connectivity index (χ3v) is 2.29. The first-order valence-corrected chi connectivity index (χ1v) is 5.86. The Hall–Kier alpha value is -2.10. The Morgan fingerprint density at radius 1 is 1.39 bits per heavy atom. The van der Waals surface area contributed by atoms with Gasteiger partial charge in [0.1, 0.15) is 0 Å². The molecule has 0 radical (unpaired) electrons. The molecule has 96 valence electrons. The van der Waals surface area contributed by atoms with Gasteiger partial charge in [-0.05, 0) is 26.0 Å². The number of hydrogen-bond donors (Lipinski definition) is 2. The van der Waals surface area contributed by atoms with Crippen LogP contribution in [0.5, 0.6) is 0 Å². The summed E-state index contributed by atoms with van der Waals surface area (Å²) in [7, 11) is 0. The number of benzene rings is 1. The molecule has 0 aliphatic heterocycles. The second kappa shape index (κ2) is 7.27. The highest BCUT2D eigenvalue weighted by Crippen LogP contribution is 2.06. The van der Waals surface area contributed by atoms with Gasteiger partial charge >= 0.3 is 0 Å². The van der Waals surface area contributed by atoms with Crippen LogP contribution in [-0.2, 0) is 4.79 Å². The van der Waals surface area contributed by atoms with Crippen LogP contribution in [0.2, 0.25) is 0 Å². The smallest absolute Gasteiger partial charge is 0.154 e. The lowest BCUT2D eigenvalue weighted by atomic mass is 10.2. The maximum absolute atomic E-state index is 10.8. The topological polar surface area (TPSA) is 67.5 Å².